The Kier molecular flexibility index (Phi) is 6.71. The lowest BCUT2D eigenvalue weighted by Crippen LogP contribution is -2.54. The molecule has 5 N–H and O–H groups in total. The molecule has 2 aromatic carbocycles. The van der Waals surface area contributed by atoms with Crippen molar-refractivity contribution in [3.8, 4) is 0 Å². The molecule has 29 heavy (non-hydrogen) atoms. The Labute approximate surface area is 172 Å². The first-order chi connectivity index (χ1) is 13.9. The topological polar surface area (TPSA) is 120 Å². The van der Waals surface area contributed by atoms with Gasteiger partial charge < -0.3 is 30.9 Å². The molecular formula is C20H22ClN3O5. The number of rotatable bonds is 6. The number of nitrogens with one attached hydrogen (secondary N) is 3. The number of hydrogen-bond acceptors (Lipinski definition) is 5. The summed E-state index contributed by atoms with van der Waals surface area (Å²) in [6.45, 7) is -0.433. The molecule has 0 aromatic heterocycles. The van der Waals surface area contributed by atoms with Crippen LogP contribution in [0.4, 0.5) is 10.5 Å². The van der Waals surface area contributed by atoms with Crippen LogP contribution in [0.1, 0.15) is 10.4 Å². The maximum absolute atomic E-state index is 12.2. The molecule has 0 saturated carbocycles. The van der Waals surface area contributed by atoms with Gasteiger partial charge in [0.15, 0.2) is 0 Å². The van der Waals surface area contributed by atoms with Crippen LogP contribution in [-0.4, -0.2) is 59.7 Å². The number of anilines is 1. The first kappa shape index (κ1) is 21.1. The van der Waals surface area contributed by atoms with E-state index in [9.17, 15) is 19.8 Å². The predicted molar refractivity (Wildman–Crippen MR) is 108 cm³/mol. The third-order valence-electron chi connectivity index (χ3n) is 4.62. The second-order valence-corrected chi connectivity index (χ2v) is 7.17. The van der Waals surface area contributed by atoms with Crippen LogP contribution in [0, 0.1) is 0 Å². The molecule has 2 aromatic rings. The summed E-state index contributed by atoms with van der Waals surface area (Å²) in [5.74, 6) is -0.415. The molecule has 0 spiro atoms. The zero-order chi connectivity index (χ0) is 20.9. The average Bonchev–Trinajstić information content (AvgIpc) is 3.00. The number of halogens is 1. The molecule has 8 nitrogen and oxygen atoms in total. The second-order valence-electron chi connectivity index (χ2n) is 6.76. The van der Waals surface area contributed by atoms with Gasteiger partial charge in [0.05, 0.1) is 23.7 Å². The number of para-hydroxylation sites is 1. The van der Waals surface area contributed by atoms with Gasteiger partial charge in [-0.05, 0) is 24.3 Å². The Morgan fingerprint density at radius 3 is 2.52 bits per heavy atom. The van der Waals surface area contributed by atoms with Gasteiger partial charge in [0.1, 0.15) is 17.8 Å². The third kappa shape index (κ3) is 5.24. The van der Waals surface area contributed by atoms with Gasteiger partial charge in [-0.25, -0.2) is 4.79 Å². The third-order valence-corrected chi connectivity index (χ3v) is 4.95. The molecule has 3 rings (SSSR count). The van der Waals surface area contributed by atoms with Crippen LogP contribution in [0.25, 0.3) is 0 Å². The molecule has 154 valence electrons. The van der Waals surface area contributed by atoms with E-state index in [1.54, 1.807) is 48.5 Å². The number of hydrogen-bond donors (Lipinski definition) is 5. The Balaban J connectivity index is 1.49. The zero-order valence-corrected chi connectivity index (χ0v) is 16.2. The lowest BCUT2D eigenvalue weighted by atomic mass is 9.96. The van der Waals surface area contributed by atoms with E-state index in [0.717, 1.165) is 0 Å². The van der Waals surface area contributed by atoms with Crippen LogP contribution in [0.15, 0.2) is 54.6 Å². The molecule has 1 aliphatic rings. The van der Waals surface area contributed by atoms with E-state index in [0.29, 0.717) is 16.3 Å². The fourth-order valence-corrected chi connectivity index (χ4v) is 3.19. The van der Waals surface area contributed by atoms with Gasteiger partial charge in [0.25, 0.3) is 5.91 Å². The van der Waals surface area contributed by atoms with E-state index in [-0.39, 0.29) is 19.7 Å². The normalized spacial score (nSPS) is 23.4. The van der Waals surface area contributed by atoms with Crippen LogP contribution < -0.4 is 16.0 Å². The first-order valence-electron chi connectivity index (χ1n) is 9.04. The van der Waals surface area contributed by atoms with Crippen LogP contribution in [0.3, 0.4) is 0 Å². The number of ether oxygens (including phenoxy) is 1. The number of carbonyl (C=O) groups excluding carboxylic acids is 2. The lowest BCUT2D eigenvalue weighted by Gasteiger charge is -2.26. The van der Waals surface area contributed by atoms with Crippen molar-refractivity contribution < 1.29 is 24.5 Å². The van der Waals surface area contributed by atoms with Crippen LogP contribution in [-0.2, 0) is 4.74 Å². The smallest absolute Gasteiger partial charge is 0.319 e. The summed E-state index contributed by atoms with van der Waals surface area (Å²) in [6.07, 6.45) is -2.13. The molecule has 1 saturated heterocycles. The van der Waals surface area contributed by atoms with Gasteiger partial charge in [0.2, 0.25) is 0 Å². The molecule has 0 aliphatic carbocycles. The monoisotopic (exact) mass is 419 g/mol. The summed E-state index contributed by atoms with van der Waals surface area (Å²) < 4.78 is 5.43. The van der Waals surface area contributed by atoms with Gasteiger partial charge in [-0.3, -0.25) is 4.79 Å². The summed E-state index contributed by atoms with van der Waals surface area (Å²) in [6, 6.07) is 14.9. The number of carbonyl (C=O) groups is 2. The SMILES string of the molecule is O=C(NC[C@]1(O)CO[C@H](CNC(=O)c2ccccc2Cl)[C@H]1O)Nc1ccccc1. The lowest BCUT2D eigenvalue weighted by molar-refractivity contribution is -0.0456. The highest BCUT2D eigenvalue weighted by Crippen LogP contribution is 2.24. The molecule has 0 unspecified atom stereocenters. The Hall–Kier alpha value is -2.65. The van der Waals surface area contributed by atoms with Crippen molar-refractivity contribution in [2.75, 3.05) is 25.0 Å². The van der Waals surface area contributed by atoms with Crippen molar-refractivity contribution in [2.45, 2.75) is 17.8 Å². The molecule has 0 radical (unpaired) electrons. The maximum Gasteiger partial charge on any atom is 0.319 e. The Morgan fingerprint density at radius 1 is 1.10 bits per heavy atom. The molecule has 1 heterocycles. The van der Waals surface area contributed by atoms with E-state index in [4.69, 9.17) is 16.3 Å². The van der Waals surface area contributed by atoms with E-state index in [2.05, 4.69) is 16.0 Å². The average molecular weight is 420 g/mol. The van der Waals surface area contributed by atoms with Gasteiger partial charge in [-0.2, -0.15) is 0 Å². The molecule has 3 atom stereocenters. The summed E-state index contributed by atoms with van der Waals surface area (Å²) in [5.41, 5.74) is -0.773. The highest BCUT2D eigenvalue weighted by molar-refractivity contribution is 6.33. The number of benzene rings is 2. The number of amides is 3. The van der Waals surface area contributed by atoms with Crippen LogP contribution in [0.2, 0.25) is 5.02 Å². The molecule has 9 heteroatoms. The molecule has 0 bridgehead atoms. The summed E-state index contributed by atoms with van der Waals surface area (Å²) >= 11 is 5.99. The van der Waals surface area contributed by atoms with Crippen molar-refractivity contribution in [3.05, 3.63) is 65.2 Å². The van der Waals surface area contributed by atoms with Gasteiger partial charge in [-0.15, -0.1) is 0 Å². The van der Waals surface area contributed by atoms with E-state index < -0.39 is 29.7 Å². The number of aliphatic hydroxyl groups excluding tert-OH is 1. The van der Waals surface area contributed by atoms with E-state index in [1.807, 2.05) is 6.07 Å². The summed E-state index contributed by atoms with van der Waals surface area (Å²) in [4.78, 5) is 24.2. The van der Waals surface area contributed by atoms with Crippen molar-refractivity contribution in [2.24, 2.45) is 0 Å². The highest BCUT2D eigenvalue weighted by atomic mass is 35.5. The minimum Gasteiger partial charge on any atom is -0.387 e. The highest BCUT2D eigenvalue weighted by Gasteiger charge is 2.48. The molecule has 1 aliphatic heterocycles. The van der Waals surface area contributed by atoms with Gasteiger partial charge >= 0.3 is 6.03 Å². The van der Waals surface area contributed by atoms with Crippen LogP contribution in [0.5, 0.6) is 0 Å². The maximum atomic E-state index is 12.2. The van der Waals surface area contributed by atoms with Crippen molar-refractivity contribution in [1.29, 1.82) is 0 Å². The predicted octanol–water partition coefficient (Wildman–Crippen LogP) is 1.38. The second kappa shape index (κ2) is 9.23. The Morgan fingerprint density at radius 2 is 1.79 bits per heavy atom. The zero-order valence-electron chi connectivity index (χ0n) is 15.5. The first-order valence-corrected chi connectivity index (χ1v) is 9.41. The van der Waals surface area contributed by atoms with Crippen molar-refractivity contribution in [1.82, 2.24) is 10.6 Å². The molecule has 1 fully saturated rings. The Bertz CT molecular complexity index is 866. The number of urea groups is 1. The standard InChI is InChI=1S/C20H22ClN3O5/c21-15-9-5-4-8-14(15)18(26)22-10-16-17(25)20(28,12-29-16)11-23-19(27)24-13-6-2-1-3-7-13/h1-9,16-17,25,28H,10-12H2,(H,22,26)(H2,23,24,27)/t16-,17-,20+/m1/s1. The van der Waals surface area contributed by atoms with Gasteiger partial charge in [0, 0.05) is 12.2 Å². The van der Waals surface area contributed by atoms with Crippen molar-refractivity contribution in [3.63, 3.8) is 0 Å². The largest absolute Gasteiger partial charge is 0.387 e. The number of aliphatic hydroxyl groups is 2. The minimum absolute atomic E-state index is 0.0241. The van der Waals surface area contributed by atoms with E-state index >= 15 is 0 Å². The quantitative estimate of drug-likeness (QED) is 0.484. The molecule has 3 amide bonds. The summed E-state index contributed by atoms with van der Waals surface area (Å²) in [7, 11) is 0. The summed E-state index contributed by atoms with van der Waals surface area (Å²) in [5, 5.41) is 29.1. The fourth-order valence-electron chi connectivity index (χ4n) is 2.96. The molecular weight excluding hydrogens is 398 g/mol. The minimum atomic E-state index is -1.67. The fraction of sp³-hybridized carbons (Fsp3) is 0.300. The van der Waals surface area contributed by atoms with Crippen molar-refractivity contribution >= 4 is 29.2 Å². The van der Waals surface area contributed by atoms with Gasteiger partial charge in [-0.1, -0.05) is 41.9 Å². The van der Waals surface area contributed by atoms with E-state index in [1.165, 1.54) is 0 Å². The van der Waals surface area contributed by atoms with Crippen LogP contribution >= 0.6 is 11.6 Å².